The van der Waals surface area contributed by atoms with Gasteiger partial charge in [0.05, 0.1) is 0 Å². The van der Waals surface area contributed by atoms with E-state index in [1.807, 2.05) is 31.2 Å². The zero-order valence-electron chi connectivity index (χ0n) is 11.2. The smallest absolute Gasteiger partial charge is 0.125 e. The average molecular weight is 291 g/mol. The monoisotopic (exact) mass is 290 g/mol. The molecule has 1 heterocycles. The third-order valence-corrected chi connectivity index (χ3v) is 4.06. The van der Waals surface area contributed by atoms with E-state index in [0.717, 1.165) is 29.9 Å². The summed E-state index contributed by atoms with van der Waals surface area (Å²) in [6.07, 6.45) is 0.919. The lowest BCUT2D eigenvalue weighted by Gasteiger charge is -2.21. The molecule has 4 heteroatoms. The minimum Gasteiger partial charge on any atom is -0.341 e. The normalized spacial score (nSPS) is 15.3. The van der Waals surface area contributed by atoms with Gasteiger partial charge in [0, 0.05) is 29.0 Å². The lowest BCUT2D eigenvalue weighted by molar-refractivity contribution is 0.628. The predicted octanol–water partition coefficient (Wildman–Crippen LogP) is 4.19. The molecule has 1 atom stereocenters. The Balaban J connectivity index is 2.00. The van der Waals surface area contributed by atoms with Crippen LogP contribution in [-0.4, -0.2) is 6.54 Å². The molecule has 2 N–H and O–H groups in total. The van der Waals surface area contributed by atoms with E-state index >= 15 is 0 Å². The van der Waals surface area contributed by atoms with Crippen LogP contribution in [0.2, 0.25) is 5.02 Å². The molecule has 104 valence electrons. The van der Waals surface area contributed by atoms with Crippen molar-refractivity contribution in [1.29, 1.82) is 0 Å². The number of halogens is 2. The van der Waals surface area contributed by atoms with Gasteiger partial charge in [-0.3, -0.25) is 0 Å². The fourth-order valence-corrected chi connectivity index (χ4v) is 3.02. The second-order valence-electron chi connectivity index (χ2n) is 5.17. The summed E-state index contributed by atoms with van der Waals surface area (Å²) < 4.78 is 13.4. The maximum atomic E-state index is 13.4. The number of hydrogen-bond acceptors (Lipinski definition) is 2. The molecule has 2 aromatic rings. The zero-order valence-corrected chi connectivity index (χ0v) is 12.0. The van der Waals surface area contributed by atoms with E-state index in [2.05, 4.69) is 4.90 Å². The molecule has 1 aliphatic heterocycles. The minimum atomic E-state index is -0.214. The number of benzene rings is 2. The quantitative estimate of drug-likeness (QED) is 0.898. The number of fused-ring (bicyclic) bond motifs is 1. The summed E-state index contributed by atoms with van der Waals surface area (Å²) in [5, 5.41) is 0.655. The van der Waals surface area contributed by atoms with Gasteiger partial charge in [-0.1, -0.05) is 23.7 Å². The van der Waals surface area contributed by atoms with Gasteiger partial charge in [0.15, 0.2) is 0 Å². The molecule has 0 amide bonds. The third kappa shape index (κ3) is 2.28. The first-order chi connectivity index (χ1) is 9.56. The van der Waals surface area contributed by atoms with Crippen molar-refractivity contribution in [2.75, 3.05) is 11.4 Å². The first-order valence-electron chi connectivity index (χ1n) is 6.67. The second kappa shape index (κ2) is 5.08. The molecule has 1 unspecified atom stereocenters. The van der Waals surface area contributed by atoms with Crippen molar-refractivity contribution in [3.05, 3.63) is 58.4 Å². The van der Waals surface area contributed by atoms with Gasteiger partial charge < -0.3 is 10.6 Å². The van der Waals surface area contributed by atoms with Crippen molar-refractivity contribution in [3.8, 4) is 0 Å². The van der Waals surface area contributed by atoms with Gasteiger partial charge in [-0.15, -0.1) is 0 Å². The molecule has 0 aromatic heterocycles. The molecule has 0 bridgehead atoms. The van der Waals surface area contributed by atoms with E-state index in [9.17, 15) is 4.39 Å². The predicted molar refractivity (Wildman–Crippen MR) is 81.2 cm³/mol. The van der Waals surface area contributed by atoms with Crippen molar-refractivity contribution in [3.63, 3.8) is 0 Å². The summed E-state index contributed by atoms with van der Waals surface area (Å²) in [5.41, 5.74) is 9.86. The molecule has 0 saturated carbocycles. The SMILES string of the molecule is CC(N)c1ccc(N2CCc3ccc(F)cc32)cc1Cl. The Morgan fingerprint density at radius 3 is 2.75 bits per heavy atom. The Labute approximate surface area is 123 Å². The van der Waals surface area contributed by atoms with Crippen LogP contribution in [0.25, 0.3) is 0 Å². The number of anilines is 2. The highest BCUT2D eigenvalue weighted by Crippen LogP contribution is 2.37. The van der Waals surface area contributed by atoms with Crippen molar-refractivity contribution in [1.82, 2.24) is 0 Å². The van der Waals surface area contributed by atoms with Gasteiger partial charge in [-0.05, 0) is 48.7 Å². The van der Waals surface area contributed by atoms with Crippen LogP contribution in [0, 0.1) is 5.82 Å². The molecule has 0 radical (unpaired) electrons. The van der Waals surface area contributed by atoms with Crippen LogP contribution in [-0.2, 0) is 6.42 Å². The summed E-state index contributed by atoms with van der Waals surface area (Å²) in [6.45, 7) is 2.74. The van der Waals surface area contributed by atoms with Gasteiger partial charge in [0.25, 0.3) is 0 Å². The lowest BCUT2D eigenvalue weighted by Crippen LogP contribution is -2.14. The standard InChI is InChI=1S/C16H16ClFN2/c1-10(19)14-5-4-13(9-15(14)17)20-7-6-11-2-3-12(18)8-16(11)20/h2-5,8-10H,6-7,19H2,1H3. The molecule has 20 heavy (non-hydrogen) atoms. The minimum absolute atomic E-state index is 0.0974. The number of hydrogen-bond donors (Lipinski definition) is 1. The highest BCUT2D eigenvalue weighted by Gasteiger charge is 2.21. The summed E-state index contributed by atoms with van der Waals surface area (Å²) in [5.74, 6) is -0.214. The molecular formula is C16H16ClFN2. The Morgan fingerprint density at radius 2 is 2.05 bits per heavy atom. The number of rotatable bonds is 2. The van der Waals surface area contributed by atoms with Crippen molar-refractivity contribution >= 4 is 23.0 Å². The van der Waals surface area contributed by atoms with Crippen LogP contribution < -0.4 is 10.6 Å². The van der Waals surface area contributed by atoms with Crippen LogP contribution in [0.1, 0.15) is 24.1 Å². The van der Waals surface area contributed by atoms with Crippen molar-refractivity contribution in [2.45, 2.75) is 19.4 Å². The van der Waals surface area contributed by atoms with E-state index in [-0.39, 0.29) is 11.9 Å². The molecule has 0 aliphatic carbocycles. The summed E-state index contributed by atoms with van der Waals surface area (Å²) in [6, 6.07) is 10.7. The number of nitrogens with zero attached hydrogens (tertiary/aromatic N) is 1. The molecule has 1 aliphatic rings. The fourth-order valence-electron chi connectivity index (χ4n) is 2.67. The van der Waals surface area contributed by atoms with Gasteiger partial charge in [0.1, 0.15) is 5.82 Å². The molecule has 2 aromatic carbocycles. The fraction of sp³-hybridized carbons (Fsp3) is 0.250. The molecule has 0 spiro atoms. The Kier molecular flexibility index (Phi) is 3.40. The second-order valence-corrected chi connectivity index (χ2v) is 5.58. The molecule has 0 saturated heterocycles. The van der Waals surface area contributed by atoms with E-state index in [1.165, 1.54) is 11.6 Å². The Hall–Kier alpha value is -1.58. The van der Waals surface area contributed by atoms with Gasteiger partial charge in [-0.25, -0.2) is 4.39 Å². The molecule has 2 nitrogen and oxygen atoms in total. The molecule has 0 fully saturated rings. The Bertz CT molecular complexity index is 655. The summed E-state index contributed by atoms with van der Waals surface area (Å²) in [7, 11) is 0. The first-order valence-corrected chi connectivity index (χ1v) is 7.05. The highest BCUT2D eigenvalue weighted by molar-refractivity contribution is 6.31. The summed E-state index contributed by atoms with van der Waals surface area (Å²) >= 11 is 6.28. The van der Waals surface area contributed by atoms with Crippen LogP contribution >= 0.6 is 11.6 Å². The van der Waals surface area contributed by atoms with Gasteiger partial charge >= 0.3 is 0 Å². The van der Waals surface area contributed by atoms with Crippen LogP contribution in [0.3, 0.4) is 0 Å². The third-order valence-electron chi connectivity index (χ3n) is 3.73. The highest BCUT2D eigenvalue weighted by atomic mass is 35.5. The van der Waals surface area contributed by atoms with Crippen molar-refractivity contribution < 1.29 is 4.39 Å². The van der Waals surface area contributed by atoms with Crippen molar-refractivity contribution in [2.24, 2.45) is 5.73 Å². The maximum absolute atomic E-state index is 13.4. The average Bonchev–Trinajstić information content (AvgIpc) is 2.81. The van der Waals surface area contributed by atoms with E-state index in [4.69, 9.17) is 17.3 Å². The van der Waals surface area contributed by atoms with Crippen LogP contribution in [0.15, 0.2) is 36.4 Å². The largest absolute Gasteiger partial charge is 0.341 e. The maximum Gasteiger partial charge on any atom is 0.125 e. The molecular weight excluding hydrogens is 275 g/mol. The Morgan fingerprint density at radius 1 is 1.25 bits per heavy atom. The van der Waals surface area contributed by atoms with Crippen LogP contribution in [0.5, 0.6) is 0 Å². The van der Waals surface area contributed by atoms with Gasteiger partial charge in [-0.2, -0.15) is 0 Å². The summed E-state index contributed by atoms with van der Waals surface area (Å²) in [4.78, 5) is 2.09. The zero-order chi connectivity index (χ0) is 14.3. The first kappa shape index (κ1) is 13.4. The van der Waals surface area contributed by atoms with Crippen LogP contribution in [0.4, 0.5) is 15.8 Å². The molecule has 3 rings (SSSR count). The number of nitrogens with two attached hydrogens (primary N) is 1. The van der Waals surface area contributed by atoms with E-state index in [0.29, 0.717) is 5.02 Å². The van der Waals surface area contributed by atoms with E-state index in [1.54, 1.807) is 6.07 Å². The van der Waals surface area contributed by atoms with Gasteiger partial charge in [0.2, 0.25) is 0 Å². The topological polar surface area (TPSA) is 29.3 Å². The van der Waals surface area contributed by atoms with E-state index < -0.39 is 0 Å². The lowest BCUT2D eigenvalue weighted by atomic mass is 10.1.